The van der Waals surface area contributed by atoms with E-state index in [0.29, 0.717) is 42.7 Å². The van der Waals surface area contributed by atoms with Gasteiger partial charge in [0.15, 0.2) is 11.5 Å². The first-order valence-corrected chi connectivity index (χ1v) is 10.4. The first-order valence-electron chi connectivity index (χ1n) is 10.4. The Balaban J connectivity index is 1.25. The molecule has 1 amide bonds. The molecule has 0 aliphatic carbocycles. The number of carbonyl (C=O) groups excluding carboxylic acids is 1. The van der Waals surface area contributed by atoms with Gasteiger partial charge in [0.05, 0.1) is 6.26 Å². The summed E-state index contributed by atoms with van der Waals surface area (Å²) in [4.78, 5) is 19.3. The minimum atomic E-state index is -0.141. The molecular weight excluding hydrogens is 396 g/mol. The lowest BCUT2D eigenvalue weighted by Crippen LogP contribution is -2.40. The largest absolute Gasteiger partial charge is 0.461 e. The highest BCUT2D eigenvalue weighted by molar-refractivity contribution is 5.93. The molecule has 5 rings (SSSR count). The first kappa shape index (κ1) is 19.3. The van der Waals surface area contributed by atoms with Gasteiger partial charge < -0.3 is 18.4 Å². The van der Waals surface area contributed by atoms with E-state index in [1.807, 2.05) is 36.1 Å². The third-order valence-electron chi connectivity index (χ3n) is 5.62. The van der Waals surface area contributed by atoms with Crippen LogP contribution in [0.15, 0.2) is 62.2 Å². The number of aromatic nitrogens is 3. The van der Waals surface area contributed by atoms with Crippen molar-refractivity contribution < 1.29 is 18.3 Å². The smallest absolute Gasteiger partial charge is 0.276 e. The van der Waals surface area contributed by atoms with Gasteiger partial charge in [0.2, 0.25) is 17.5 Å². The summed E-state index contributed by atoms with van der Waals surface area (Å²) in [5.74, 6) is 2.29. The topological polar surface area (TPSA) is 98.4 Å². The summed E-state index contributed by atoms with van der Waals surface area (Å²) in [6, 6.07) is 13.1. The first-order chi connectivity index (χ1) is 15.2. The zero-order valence-corrected chi connectivity index (χ0v) is 17.2. The van der Waals surface area contributed by atoms with Crippen LogP contribution in [-0.4, -0.2) is 39.2 Å². The lowest BCUT2D eigenvalue weighted by Gasteiger charge is -2.31. The van der Waals surface area contributed by atoms with Crippen molar-refractivity contribution in [2.75, 3.05) is 13.1 Å². The second-order valence-electron chi connectivity index (χ2n) is 7.84. The number of carbonyl (C=O) groups is 1. The van der Waals surface area contributed by atoms with E-state index in [4.69, 9.17) is 13.5 Å². The third-order valence-corrected chi connectivity index (χ3v) is 5.62. The molecule has 1 saturated heterocycles. The maximum Gasteiger partial charge on any atom is 0.276 e. The number of hydrogen-bond donors (Lipinski definition) is 0. The number of benzene rings is 1. The molecule has 8 heteroatoms. The summed E-state index contributed by atoms with van der Waals surface area (Å²) in [5.41, 5.74) is 2.36. The Labute approximate surface area is 178 Å². The van der Waals surface area contributed by atoms with E-state index in [-0.39, 0.29) is 17.5 Å². The molecule has 1 unspecified atom stereocenters. The summed E-state index contributed by atoms with van der Waals surface area (Å²) in [7, 11) is 0. The Kier molecular flexibility index (Phi) is 5.11. The van der Waals surface area contributed by atoms with Gasteiger partial charge in [0.1, 0.15) is 0 Å². The molecule has 1 atom stereocenters. The summed E-state index contributed by atoms with van der Waals surface area (Å²) in [5, 5.41) is 8.08. The second-order valence-corrected chi connectivity index (χ2v) is 7.84. The lowest BCUT2D eigenvalue weighted by atomic mass is 9.94. The van der Waals surface area contributed by atoms with Gasteiger partial charge in [-0.2, -0.15) is 4.98 Å². The van der Waals surface area contributed by atoms with Crippen LogP contribution in [0.2, 0.25) is 0 Å². The van der Waals surface area contributed by atoms with Crippen LogP contribution in [0.1, 0.15) is 34.8 Å². The predicted octanol–water partition coefficient (Wildman–Crippen LogP) is 4.39. The normalized spacial score (nSPS) is 16.5. The van der Waals surface area contributed by atoms with Crippen molar-refractivity contribution in [2.24, 2.45) is 5.92 Å². The van der Waals surface area contributed by atoms with Crippen LogP contribution in [0.25, 0.3) is 22.9 Å². The van der Waals surface area contributed by atoms with Crippen molar-refractivity contribution in [2.45, 2.75) is 26.2 Å². The Morgan fingerprint density at radius 3 is 2.87 bits per heavy atom. The maximum absolute atomic E-state index is 12.9. The summed E-state index contributed by atoms with van der Waals surface area (Å²) < 4.78 is 16.1. The SMILES string of the molecule is Cc1ccccc1-c1noc(CC2CCCN(C(=O)c3cc(-c4ccco4)on3)C2)n1. The van der Waals surface area contributed by atoms with Crippen LogP contribution in [0.5, 0.6) is 0 Å². The fraction of sp³-hybridized carbons (Fsp3) is 0.304. The Bertz CT molecular complexity index is 1180. The second kappa shape index (κ2) is 8.22. The van der Waals surface area contributed by atoms with E-state index < -0.39 is 0 Å². The number of aryl methyl sites for hydroxylation is 1. The molecule has 31 heavy (non-hydrogen) atoms. The molecule has 1 fully saturated rings. The van der Waals surface area contributed by atoms with Crippen LogP contribution in [0.3, 0.4) is 0 Å². The molecule has 0 spiro atoms. The van der Waals surface area contributed by atoms with Crippen LogP contribution < -0.4 is 0 Å². The molecule has 0 radical (unpaired) electrons. The van der Waals surface area contributed by atoms with E-state index in [1.165, 1.54) is 0 Å². The molecule has 158 valence electrons. The number of amides is 1. The Morgan fingerprint density at radius 1 is 1.13 bits per heavy atom. The standard InChI is InChI=1S/C23H22N4O4/c1-15-6-2-3-8-17(15)22-24-21(31-26-22)12-16-7-4-10-27(14-16)23(28)18-13-20(30-25-18)19-9-5-11-29-19/h2-3,5-6,8-9,11,13,16H,4,7,10,12,14H2,1H3. The van der Waals surface area contributed by atoms with Crippen molar-refractivity contribution in [3.8, 4) is 22.9 Å². The van der Waals surface area contributed by atoms with E-state index in [0.717, 1.165) is 24.0 Å². The zero-order valence-electron chi connectivity index (χ0n) is 17.2. The highest BCUT2D eigenvalue weighted by atomic mass is 16.5. The van der Waals surface area contributed by atoms with Crippen molar-refractivity contribution in [3.63, 3.8) is 0 Å². The van der Waals surface area contributed by atoms with Gasteiger partial charge in [-0.25, -0.2) is 0 Å². The van der Waals surface area contributed by atoms with E-state index in [2.05, 4.69) is 15.3 Å². The molecule has 0 N–H and O–H groups in total. The van der Waals surface area contributed by atoms with E-state index >= 15 is 0 Å². The number of piperidine rings is 1. The minimum Gasteiger partial charge on any atom is -0.461 e. The monoisotopic (exact) mass is 418 g/mol. The van der Waals surface area contributed by atoms with Gasteiger partial charge in [-0.3, -0.25) is 4.79 Å². The molecule has 4 heterocycles. The third kappa shape index (κ3) is 4.01. The minimum absolute atomic E-state index is 0.141. The van der Waals surface area contributed by atoms with E-state index in [1.54, 1.807) is 24.5 Å². The number of hydrogen-bond acceptors (Lipinski definition) is 7. The molecule has 4 aromatic rings. The van der Waals surface area contributed by atoms with Crippen molar-refractivity contribution in [1.82, 2.24) is 20.2 Å². The quantitative estimate of drug-likeness (QED) is 0.474. The molecular formula is C23H22N4O4. The summed E-state index contributed by atoms with van der Waals surface area (Å²) in [6.07, 6.45) is 4.11. The lowest BCUT2D eigenvalue weighted by molar-refractivity contribution is 0.0657. The summed E-state index contributed by atoms with van der Waals surface area (Å²) >= 11 is 0. The molecule has 8 nitrogen and oxygen atoms in total. The average Bonchev–Trinajstić information content (AvgIpc) is 3.55. The van der Waals surface area contributed by atoms with Crippen LogP contribution in [0.4, 0.5) is 0 Å². The number of rotatable bonds is 5. The van der Waals surface area contributed by atoms with Crippen molar-refractivity contribution in [3.05, 3.63) is 65.9 Å². The fourth-order valence-electron chi connectivity index (χ4n) is 4.01. The maximum atomic E-state index is 12.9. The molecule has 1 aromatic carbocycles. The fourth-order valence-corrected chi connectivity index (χ4v) is 4.01. The Hall–Kier alpha value is -3.68. The number of furan rings is 1. The van der Waals surface area contributed by atoms with E-state index in [9.17, 15) is 4.79 Å². The highest BCUT2D eigenvalue weighted by Gasteiger charge is 2.28. The zero-order chi connectivity index (χ0) is 21.2. The molecule has 0 saturated carbocycles. The van der Waals surface area contributed by atoms with Gasteiger partial charge in [-0.15, -0.1) is 0 Å². The van der Waals surface area contributed by atoms with Crippen molar-refractivity contribution >= 4 is 5.91 Å². The molecule has 1 aliphatic rings. The van der Waals surface area contributed by atoms with Crippen LogP contribution in [-0.2, 0) is 6.42 Å². The Morgan fingerprint density at radius 2 is 2.03 bits per heavy atom. The van der Waals surface area contributed by atoms with Gasteiger partial charge in [-0.1, -0.05) is 34.6 Å². The van der Waals surface area contributed by atoms with Crippen LogP contribution in [0, 0.1) is 12.8 Å². The predicted molar refractivity (Wildman–Crippen MR) is 111 cm³/mol. The van der Waals surface area contributed by atoms with Crippen molar-refractivity contribution in [1.29, 1.82) is 0 Å². The van der Waals surface area contributed by atoms with Gasteiger partial charge in [0, 0.05) is 31.1 Å². The molecule has 1 aliphatic heterocycles. The average molecular weight is 418 g/mol. The molecule has 3 aromatic heterocycles. The molecule has 0 bridgehead atoms. The summed E-state index contributed by atoms with van der Waals surface area (Å²) in [6.45, 7) is 3.33. The number of nitrogens with zero attached hydrogens (tertiary/aromatic N) is 4. The van der Waals surface area contributed by atoms with Gasteiger partial charge in [0.25, 0.3) is 5.91 Å². The van der Waals surface area contributed by atoms with Gasteiger partial charge in [-0.05, 0) is 43.4 Å². The van der Waals surface area contributed by atoms with Crippen LogP contribution >= 0.6 is 0 Å². The van der Waals surface area contributed by atoms with Gasteiger partial charge >= 0.3 is 0 Å². The highest BCUT2D eigenvalue weighted by Crippen LogP contribution is 2.26. The number of likely N-dealkylation sites (tertiary alicyclic amines) is 1.